The molecule has 2 N–H and O–H groups in total. The van der Waals surface area contributed by atoms with Crippen LogP contribution in [0.5, 0.6) is 11.5 Å². The van der Waals surface area contributed by atoms with Crippen LogP contribution in [0.4, 0.5) is 5.69 Å². The Morgan fingerprint density at radius 3 is 2.67 bits per heavy atom. The Morgan fingerprint density at radius 1 is 1.19 bits per heavy atom. The fourth-order valence-electron chi connectivity index (χ4n) is 2.12. The van der Waals surface area contributed by atoms with E-state index in [1.54, 1.807) is 0 Å². The number of halogens is 1. The highest BCUT2D eigenvalue weighted by molar-refractivity contribution is 14.1. The molecule has 0 unspecified atom stereocenters. The van der Waals surface area contributed by atoms with Gasteiger partial charge in [0.25, 0.3) is 0 Å². The van der Waals surface area contributed by atoms with Gasteiger partial charge in [-0.2, -0.15) is 0 Å². The van der Waals surface area contributed by atoms with E-state index in [1.165, 1.54) is 11.1 Å². The molecule has 0 radical (unpaired) electrons. The minimum atomic E-state index is 0.216. The molecule has 0 spiro atoms. The van der Waals surface area contributed by atoms with Gasteiger partial charge in [-0.15, -0.1) is 0 Å². The van der Waals surface area contributed by atoms with Crippen LogP contribution in [0.25, 0.3) is 0 Å². The molecule has 0 aliphatic heterocycles. The molecule has 2 rings (SSSR count). The second-order valence-corrected chi connectivity index (χ2v) is 6.19. The standard InChI is InChI=1S/C17H20INO2/c1-4-21-16-9-13(8-14(18)17(16)20)10-19-15-7-11(2)5-6-12(15)3/h5-9,19-20H,4,10H2,1-3H3. The number of aromatic hydroxyl groups is 1. The predicted molar refractivity (Wildman–Crippen MR) is 95.2 cm³/mol. The van der Waals surface area contributed by atoms with Crippen molar-refractivity contribution in [1.29, 1.82) is 0 Å². The number of phenols is 1. The number of anilines is 1. The van der Waals surface area contributed by atoms with Crippen molar-refractivity contribution in [3.8, 4) is 11.5 Å². The van der Waals surface area contributed by atoms with Gasteiger partial charge in [0.1, 0.15) is 0 Å². The lowest BCUT2D eigenvalue weighted by Crippen LogP contribution is -2.03. The van der Waals surface area contributed by atoms with Crippen LogP contribution in [0.3, 0.4) is 0 Å². The fourth-order valence-corrected chi connectivity index (χ4v) is 2.78. The Bertz CT molecular complexity index is 641. The third kappa shape index (κ3) is 4.03. The first-order valence-corrected chi connectivity index (χ1v) is 8.04. The van der Waals surface area contributed by atoms with Crippen molar-refractivity contribution in [2.45, 2.75) is 27.3 Å². The first-order chi connectivity index (χ1) is 10.0. The maximum atomic E-state index is 9.97. The van der Waals surface area contributed by atoms with Gasteiger partial charge in [0, 0.05) is 12.2 Å². The van der Waals surface area contributed by atoms with E-state index < -0.39 is 0 Å². The summed E-state index contributed by atoms with van der Waals surface area (Å²) in [6, 6.07) is 10.2. The zero-order valence-electron chi connectivity index (χ0n) is 12.5. The van der Waals surface area contributed by atoms with E-state index in [0.717, 1.165) is 14.8 Å². The van der Waals surface area contributed by atoms with E-state index >= 15 is 0 Å². The average Bonchev–Trinajstić information content (AvgIpc) is 2.45. The van der Waals surface area contributed by atoms with Gasteiger partial charge in [-0.1, -0.05) is 12.1 Å². The first kappa shape index (κ1) is 15.9. The van der Waals surface area contributed by atoms with E-state index in [9.17, 15) is 5.11 Å². The van der Waals surface area contributed by atoms with Crippen molar-refractivity contribution in [1.82, 2.24) is 0 Å². The summed E-state index contributed by atoms with van der Waals surface area (Å²) in [6.45, 7) is 7.32. The highest BCUT2D eigenvalue weighted by atomic mass is 127. The van der Waals surface area contributed by atoms with Gasteiger partial charge in [-0.3, -0.25) is 0 Å². The second kappa shape index (κ2) is 7.02. The largest absolute Gasteiger partial charge is 0.504 e. The summed E-state index contributed by atoms with van der Waals surface area (Å²) in [5, 5.41) is 13.4. The number of hydrogen-bond donors (Lipinski definition) is 2. The Morgan fingerprint density at radius 2 is 1.95 bits per heavy atom. The maximum Gasteiger partial charge on any atom is 0.171 e. The van der Waals surface area contributed by atoms with Crippen molar-refractivity contribution in [2.24, 2.45) is 0 Å². The van der Waals surface area contributed by atoms with Gasteiger partial charge in [-0.25, -0.2) is 0 Å². The molecule has 0 aliphatic rings. The van der Waals surface area contributed by atoms with Crippen molar-refractivity contribution in [2.75, 3.05) is 11.9 Å². The van der Waals surface area contributed by atoms with Crippen LogP contribution in [0, 0.1) is 17.4 Å². The van der Waals surface area contributed by atoms with Gasteiger partial charge < -0.3 is 15.2 Å². The molecular weight excluding hydrogens is 377 g/mol. The van der Waals surface area contributed by atoms with Gasteiger partial charge in [0.2, 0.25) is 0 Å². The summed E-state index contributed by atoms with van der Waals surface area (Å²) in [7, 11) is 0. The maximum absolute atomic E-state index is 9.97. The minimum Gasteiger partial charge on any atom is -0.504 e. The molecule has 0 aliphatic carbocycles. The zero-order valence-corrected chi connectivity index (χ0v) is 14.7. The number of rotatable bonds is 5. The number of hydrogen-bond acceptors (Lipinski definition) is 3. The van der Waals surface area contributed by atoms with Gasteiger partial charge in [0.05, 0.1) is 10.2 Å². The molecule has 4 heteroatoms. The molecular formula is C17H20INO2. The Labute approximate surface area is 139 Å². The van der Waals surface area contributed by atoms with E-state index in [2.05, 4.69) is 60.0 Å². The first-order valence-electron chi connectivity index (χ1n) is 6.96. The van der Waals surface area contributed by atoms with Gasteiger partial charge in [-0.05, 0) is 78.3 Å². The Kier molecular flexibility index (Phi) is 5.33. The fraction of sp³-hybridized carbons (Fsp3) is 0.294. The molecule has 0 aromatic heterocycles. The smallest absolute Gasteiger partial charge is 0.171 e. The van der Waals surface area contributed by atoms with Crippen LogP contribution in [-0.2, 0) is 6.54 Å². The van der Waals surface area contributed by atoms with E-state index in [-0.39, 0.29) is 5.75 Å². The van der Waals surface area contributed by atoms with Gasteiger partial charge in [0.15, 0.2) is 11.5 Å². The minimum absolute atomic E-state index is 0.216. The van der Waals surface area contributed by atoms with Gasteiger partial charge >= 0.3 is 0 Å². The molecule has 112 valence electrons. The summed E-state index contributed by atoms with van der Waals surface area (Å²) in [5.41, 5.74) is 4.68. The molecule has 0 bridgehead atoms. The van der Waals surface area contributed by atoms with Crippen LogP contribution < -0.4 is 10.1 Å². The Hall–Kier alpha value is -1.43. The number of aryl methyl sites for hydroxylation is 2. The molecule has 0 amide bonds. The summed E-state index contributed by atoms with van der Waals surface area (Å²) in [4.78, 5) is 0. The lowest BCUT2D eigenvalue weighted by Gasteiger charge is -2.13. The third-order valence-electron chi connectivity index (χ3n) is 3.26. The van der Waals surface area contributed by atoms with Crippen LogP contribution in [0.15, 0.2) is 30.3 Å². The summed E-state index contributed by atoms with van der Waals surface area (Å²) >= 11 is 2.12. The topological polar surface area (TPSA) is 41.5 Å². The van der Waals surface area contributed by atoms with Crippen LogP contribution in [0.2, 0.25) is 0 Å². The van der Waals surface area contributed by atoms with Crippen LogP contribution >= 0.6 is 22.6 Å². The molecule has 2 aromatic rings. The molecule has 0 saturated heterocycles. The number of benzene rings is 2. The molecule has 0 atom stereocenters. The van der Waals surface area contributed by atoms with E-state index in [4.69, 9.17) is 4.74 Å². The van der Waals surface area contributed by atoms with Crippen molar-refractivity contribution in [3.63, 3.8) is 0 Å². The number of phenolic OH excluding ortho intramolecular Hbond substituents is 1. The average molecular weight is 397 g/mol. The second-order valence-electron chi connectivity index (χ2n) is 5.03. The van der Waals surface area contributed by atoms with Crippen molar-refractivity contribution >= 4 is 28.3 Å². The van der Waals surface area contributed by atoms with E-state index in [0.29, 0.717) is 18.9 Å². The summed E-state index contributed by atoms with van der Waals surface area (Å²) < 4.78 is 6.27. The lowest BCUT2D eigenvalue weighted by molar-refractivity contribution is 0.317. The lowest BCUT2D eigenvalue weighted by atomic mass is 10.1. The Balaban J connectivity index is 2.18. The third-order valence-corrected chi connectivity index (χ3v) is 4.09. The highest BCUT2D eigenvalue weighted by Gasteiger charge is 2.09. The summed E-state index contributed by atoms with van der Waals surface area (Å²) in [5.74, 6) is 0.759. The molecule has 3 nitrogen and oxygen atoms in total. The van der Waals surface area contributed by atoms with Crippen LogP contribution in [0.1, 0.15) is 23.6 Å². The van der Waals surface area contributed by atoms with Crippen LogP contribution in [-0.4, -0.2) is 11.7 Å². The normalized spacial score (nSPS) is 10.5. The van der Waals surface area contributed by atoms with E-state index in [1.807, 2.05) is 19.1 Å². The van der Waals surface area contributed by atoms with Crippen molar-refractivity contribution in [3.05, 3.63) is 50.6 Å². The molecule has 21 heavy (non-hydrogen) atoms. The molecule has 0 heterocycles. The molecule has 0 saturated carbocycles. The molecule has 0 fully saturated rings. The molecule has 2 aromatic carbocycles. The SMILES string of the molecule is CCOc1cc(CNc2cc(C)ccc2C)cc(I)c1O. The highest BCUT2D eigenvalue weighted by Crippen LogP contribution is 2.33. The quantitative estimate of drug-likeness (QED) is 0.724. The number of nitrogens with one attached hydrogen (secondary N) is 1. The number of ether oxygens (including phenoxy) is 1. The zero-order chi connectivity index (χ0) is 15.4. The van der Waals surface area contributed by atoms with Crippen molar-refractivity contribution < 1.29 is 9.84 Å². The summed E-state index contributed by atoms with van der Waals surface area (Å²) in [6.07, 6.45) is 0. The predicted octanol–water partition coefficient (Wildman–Crippen LogP) is 4.62. The monoisotopic (exact) mass is 397 g/mol.